The molecule has 0 aromatic heterocycles. The third-order valence-corrected chi connectivity index (χ3v) is 2.24. The van der Waals surface area contributed by atoms with Gasteiger partial charge in [-0.25, -0.2) is 0 Å². The average Bonchev–Trinajstić information content (AvgIpc) is 2.12. The van der Waals surface area contributed by atoms with Crippen LogP contribution in [0.3, 0.4) is 0 Å². The number of halogens is 3. The largest absolute Gasteiger partial charge is 0.573 e. The van der Waals surface area contributed by atoms with Crippen molar-refractivity contribution in [3.63, 3.8) is 0 Å². The third-order valence-electron chi connectivity index (χ3n) is 2.24. The molecule has 0 radical (unpaired) electrons. The van der Waals surface area contributed by atoms with Gasteiger partial charge in [-0.1, -0.05) is 12.1 Å². The molecule has 102 valence electrons. The molecule has 0 bridgehead atoms. The smallest absolute Gasteiger partial charge is 0.406 e. The van der Waals surface area contributed by atoms with E-state index in [2.05, 4.69) is 10.1 Å². The van der Waals surface area contributed by atoms with Gasteiger partial charge in [0.2, 0.25) is 0 Å². The minimum atomic E-state index is -4.65. The van der Waals surface area contributed by atoms with Gasteiger partial charge in [-0.05, 0) is 45.4 Å². The molecule has 1 N–H and O–H groups in total. The molecule has 1 rings (SSSR count). The number of nitrogens with one attached hydrogen (secondary N) is 1. The van der Waals surface area contributed by atoms with Gasteiger partial charge >= 0.3 is 6.36 Å². The Hall–Kier alpha value is -1.23. The monoisotopic (exact) mass is 261 g/mol. The van der Waals surface area contributed by atoms with Crippen LogP contribution in [0.5, 0.6) is 5.75 Å². The normalized spacial score (nSPS) is 14.4. The summed E-state index contributed by atoms with van der Waals surface area (Å²) < 4.78 is 40.2. The number of benzene rings is 1. The van der Waals surface area contributed by atoms with Crippen molar-refractivity contribution in [2.24, 2.45) is 0 Å². The molecule has 0 aliphatic rings. The Kier molecular flexibility index (Phi) is 4.27. The quantitative estimate of drug-likeness (QED) is 0.886. The summed E-state index contributed by atoms with van der Waals surface area (Å²) in [6.45, 7) is 7.90. The van der Waals surface area contributed by atoms with Gasteiger partial charge < -0.3 is 10.1 Å². The molecule has 1 aromatic rings. The van der Waals surface area contributed by atoms with Crippen LogP contribution in [0.4, 0.5) is 13.2 Å². The second-order valence-corrected chi connectivity index (χ2v) is 5.24. The summed E-state index contributed by atoms with van der Waals surface area (Å²) in [5.41, 5.74) is 0.645. The van der Waals surface area contributed by atoms with E-state index in [0.717, 1.165) is 5.56 Å². The molecule has 0 amide bonds. The van der Waals surface area contributed by atoms with Gasteiger partial charge in [0.05, 0.1) is 0 Å². The predicted molar refractivity (Wildman–Crippen MR) is 64.4 cm³/mol. The van der Waals surface area contributed by atoms with E-state index in [1.165, 1.54) is 12.1 Å². The van der Waals surface area contributed by atoms with Crippen LogP contribution in [0.2, 0.25) is 0 Å². The lowest BCUT2D eigenvalue weighted by atomic mass is 10.0. The lowest BCUT2D eigenvalue weighted by Crippen LogP contribution is -2.37. The minimum absolute atomic E-state index is 0.0539. The first kappa shape index (κ1) is 14.8. The van der Waals surface area contributed by atoms with E-state index in [0.29, 0.717) is 0 Å². The highest BCUT2D eigenvalue weighted by Crippen LogP contribution is 2.26. The first-order valence-corrected chi connectivity index (χ1v) is 5.70. The lowest BCUT2D eigenvalue weighted by molar-refractivity contribution is -0.274. The van der Waals surface area contributed by atoms with Crippen molar-refractivity contribution in [1.82, 2.24) is 5.32 Å². The Labute approximate surface area is 105 Å². The fourth-order valence-corrected chi connectivity index (χ4v) is 1.71. The van der Waals surface area contributed by atoms with Crippen LogP contribution in [0.1, 0.15) is 39.3 Å². The maximum Gasteiger partial charge on any atom is 0.573 e. The molecule has 18 heavy (non-hydrogen) atoms. The molecule has 0 saturated carbocycles. The van der Waals surface area contributed by atoms with Gasteiger partial charge in [-0.3, -0.25) is 0 Å². The third kappa shape index (κ3) is 5.40. The topological polar surface area (TPSA) is 21.3 Å². The lowest BCUT2D eigenvalue weighted by Gasteiger charge is -2.26. The van der Waals surface area contributed by atoms with Crippen molar-refractivity contribution in [2.75, 3.05) is 0 Å². The number of hydrogen-bond donors (Lipinski definition) is 1. The van der Waals surface area contributed by atoms with Crippen LogP contribution in [-0.2, 0) is 0 Å². The summed E-state index contributed by atoms with van der Waals surface area (Å²) in [5, 5.41) is 3.29. The van der Waals surface area contributed by atoms with Crippen molar-refractivity contribution in [1.29, 1.82) is 0 Å². The zero-order chi connectivity index (χ0) is 14.0. The van der Waals surface area contributed by atoms with E-state index >= 15 is 0 Å². The second-order valence-electron chi connectivity index (χ2n) is 5.24. The average molecular weight is 261 g/mol. The predicted octanol–water partition coefficient (Wildman–Crippen LogP) is 4.03. The van der Waals surface area contributed by atoms with Gasteiger partial charge in [0, 0.05) is 11.6 Å². The van der Waals surface area contributed by atoms with Crippen LogP contribution in [0, 0.1) is 0 Å². The first-order valence-electron chi connectivity index (χ1n) is 5.70. The Bertz CT molecular complexity index is 396. The van der Waals surface area contributed by atoms with E-state index in [9.17, 15) is 13.2 Å². The van der Waals surface area contributed by atoms with E-state index in [-0.39, 0.29) is 17.3 Å². The van der Waals surface area contributed by atoms with E-state index in [1.54, 1.807) is 12.1 Å². The van der Waals surface area contributed by atoms with Gasteiger partial charge in [0.1, 0.15) is 5.75 Å². The van der Waals surface area contributed by atoms with Crippen LogP contribution in [0.15, 0.2) is 24.3 Å². The van der Waals surface area contributed by atoms with Crippen molar-refractivity contribution >= 4 is 0 Å². The molecule has 0 fully saturated rings. The summed E-state index contributed by atoms with van der Waals surface area (Å²) in [6.07, 6.45) is -4.65. The Morgan fingerprint density at radius 1 is 1.17 bits per heavy atom. The fourth-order valence-electron chi connectivity index (χ4n) is 1.71. The van der Waals surface area contributed by atoms with Crippen LogP contribution in [0.25, 0.3) is 0 Å². The van der Waals surface area contributed by atoms with E-state index in [1.807, 2.05) is 27.7 Å². The Balaban J connectivity index is 2.82. The van der Waals surface area contributed by atoms with Crippen molar-refractivity contribution in [3.05, 3.63) is 29.8 Å². The molecule has 0 aliphatic carbocycles. The standard InChI is InChI=1S/C13H18F3NO/c1-9(17-12(2,3)4)10-6-5-7-11(8-10)18-13(14,15)16/h5-9,17H,1-4H3. The number of ether oxygens (including phenoxy) is 1. The number of rotatable bonds is 3. The SMILES string of the molecule is CC(NC(C)(C)C)c1cccc(OC(F)(F)F)c1. The zero-order valence-electron chi connectivity index (χ0n) is 10.9. The highest BCUT2D eigenvalue weighted by Gasteiger charge is 2.31. The molecule has 0 saturated heterocycles. The van der Waals surface area contributed by atoms with Crippen molar-refractivity contribution in [2.45, 2.75) is 45.6 Å². The number of hydrogen-bond acceptors (Lipinski definition) is 2. The molecule has 0 aliphatic heterocycles. The molecule has 2 nitrogen and oxygen atoms in total. The summed E-state index contributed by atoms with van der Waals surface area (Å²) in [7, 11) is 0. The van der Waals surface area contributed by atoms with E-state index < -0.39 is 6.36 Å². The van der Waals surface area contributed by atoms with Crippen LogP contribution in [-0.4, -0.2) is 11.9 Å². The summed E-state index contributed by atoms with van der Waals surface area (Å²) in [4.78, 5) is 0. The maximum absolute atomic E-state index is 12.1. The fraction of sp³-hybridized carbons (Fsp3) is 0.538. The maximum atomic E-state index is 12.1. The molecular formula is C13H18F3NO. The minimum Gasteiger partial charge on any atom is -0.406 e. The summed E-state index contributed by atoms with van der Waals surface area (Å²) in [5.74, 6) is -0.192. The molecule has 0 spiro atoms. The van der Waals surface area contributed by atoms with Crippen molar-refractivity contribution < 1.29 is 17.9 Å². The van der Waals surface area contributed by atoms with Gasteiger partial charge in [-0.15, -0.1) is 13.2 Å². The Morgan fingerprint density at radius 3 is 2.28 bits per heavy atom. The van der Waals surface area contributed by atoms with E-state index in [4.69, 9.17) is 0 Å². The zero-order valence-corrected chi connectivity index (χ0v) is 10.9. The highest BCUT2D eigenvalue weighted by atomic mass is 19.4. The molecule has 1 atom stereocenters. The highest BCUT2D eigenvalue weighted by molar-refractivity contribution is 5.30. The van der Waals surface area contributed by atoms with Crippen LogP contribution < -0.4 is 10.1 Å². The summed E-state index contributed by atoms with van der Waals surface area (Å²) in [6, 6.07) is 5.96. The molecule has 1 aromatic carbocycles. The van der Waals surface area contributed by atoms with Gasteiger partial charge in [0.25, 0.3) is 0 Å². The summed E-state index contributed by atoms with van der Waals surface area (Å²) >= 11 is 0. The first-order chi connectivity index (χ1) is 8.07. The van der Waals surface area contributed by atoms with Gasteiger partial charge in [0.15, 0.2) is 0 Å². The van der Waals surface area contributed by atoms with Crippen LogP contribution >= 0.6 is 0 Å². The molecular weight excluding hydrogens is 243 g/mol. The van der Waals surface area contributed by atoms with Crippen molar-refractivity contribution in [3.8, 4) is 5.75 Å². The molecule has 5 heteroatoms. The second kappa shape index (κ2) is 5.18. The number of alkyl halides is 3. The molecule has 1 unspecified atom stereocenters. The van der Waals surface area contributed by atoms with Gasteiger partial charge in [-0.2, -0.15) is 0 Å². The Morgan fingerprint density at radius 2 is 1.78 bits per heavy atom. The molecule has 0 heterocycles.